The number of benzene rings is 1. The molecule has 28 heavy (non-hydrogen) atoms. The standard InChI is InChI=1S/C17H22N4O5S2/c1-3-28(24,25)21-12-7-6-11(9-14(12)26-2)19-16(22)10-13(20-17(18)23)15-5-4-8-27-15/h4-9,13,21H,3,10H2,1-2H3,(H,19,22)(H3,18,20,23). The first kappa shape index (κ1) is 21.5. The lowest BCUT2D eigenvalue weighted by atomic mass is 10.1. The van der Waals surface area contributed by atoms with Crippen molar-refractivity contribution in [3.8, 4) is 5.75 Å². The number of nitrogens with one attached hydrogen (secondary N) is 3. The Bertz CT molecular complexity index is 929. The third-order valence-corrected chi connectivity index (χ3v) is 6.00. The van der Waals surface area contributed by atoms with Crippen LogP contribution in [0.25, 0.3) is 0 Å². The molecule has 0 saturated heterocycles. The molecular weight excluding hydrogens is 404 g/mol. The fraction of sp³-hybridized carbons (Fsp3) is 0.294. The average molecular weight is 427 g/mol. The minimum Gasteiger partial charge on any atom is -0.494 e. The third kappa shape index (κ3) is 6.13. The maximum absolute atomic E-state index is 12.4. The van der Waals surface area contributed by atoms with Gasteiger partial charge in [-0.15, -0.1) is 11.3 Å². The molecule has 1 heterocycles. The predicted molar refractivity (Wildman–Crippen MR) is 109 cm³/mol. The molecule has 11 heteroatoms. The second kappa shape index (κ2) is 9.42. The van der Waals surface area contributed by atoms with Gasteiger partial charge < -0.3 is 21.1 Å². The van der Waals surface area contributed by atoms with Gasteiger partial charge in [0, 0.05) is 16.6 Å². The summed E-state index contributed by atoms with van der Waals surface area (Å²) in [7, 11) is -2.06. The lowest BCUT2D eigenvalue weighted by Gasteiger charge is -2.17. The molecule has 1 unspecified atom stereocenters. The van der Waals surface area contributed by atoms with Crippen molar-refractivity contribution in [2.45, 2.75) is 19.4 Å². The Morgan fingerprint density at radius 1 is 1.29 bits per heavy atom. The van der Waals surface area contributed by atoms with Crippen LogP contribution in [-0.2, 0) is 14.8 Å². The van der Waals surface area contributed by atoms with Crippen LogP contribution in [0.1, 0.15) is 24.3 Å². The minimum atomic E-state index is -3.46. The first-order valence-electron chi connectivity index (χ1n) is 8.31. The number of methoxy groups -OCH3 is 1. The van der Waals surface area contributed by atoms with Crippen LogP contribution < -0.4 is 25.8 Å². The summed E-state index contributed by atoms with van der Waals surface area (Å²) in [5.74, 6) is -0.165. The first-order chi connectivity index (χ1) is 13.2. The van der Waals surface area contributed by atoms with Gasteiger partial charge in [-0.05, 0) is 30.5 Å². The van der Waals surface area contributed by atoms with E-state index in [0.717, 1.165) is 4.88 Å². The van der Waals surface area contributed by atoms with Crippen molar-refractivity contribution in [3.63, 3.8) is 0 Å². The number of ether oxygens (including phenoxy) is 1. The molecule has 0 radical (unpaired) electrons. The first-order valence-corrected chi connectivity index (χ1v) is 10.8. The number of anilines is 2. The van der Waals surface area contributed by atoms with Crippen LogP contribution in [0, 0.1) is 0 Å². The summed E-state index contributed by atoms with van der Waals surface area (Å²) in [4.78, 5) is 24.4. The number of hydrogen-bond acceptors (Lipinski definition) is 6. The molecule has 0 aliphatic carbocycles. The highest BCUT2D eigenvalue weighted by atomic mass is 32.2. The molecule has 2 rings (SSSR count). The number of nitrogens with two attached hydrogens (primary N) is 1. The van der Waals surface area contributed by atoms with Crippen molar-refractivity contribution >= 4 is 44.7 Å². The number of sulfonamides is 1. The fourth-order valence-corrected chi connectivity index (χ4v) is 3.80. The monoisotopic (exact) mass is 426 g/mol. The fourth-order valence-electron chi connectivity index (χ4n) is 2.37. The molecule has 1 atom stereocenters. The Labute approximate surface area is 167 Å². The van der Waals surface area contributed by atoms with Crippen molar-refractivity contribution in [2.75, 3.05) is 22.9 Å². The highest BCUT2D eigenvalue weighted by molar-refractivity contribution is 7.92. The second-order valence-electron chi connectivity index (χ2n) is 5.75. The van der Waals surface area contributed by atoms with E-state index in [1.54, 1.807) is 12.1 Å². The summed E-state index contributed by atoms with van der Waals surface area (Å²) in [5.41, 5.74) is 5.89. The van der Waals surface area contributed by atoms with E-state index < -0.39 is 22.1 Å². The molecule has 9 nitrogen and oxygen atoms in total. The molecule has 0 aliphatic heterocycles. The van der Waals surface area contributed by atoms with E-state index in [1.807, 2.05) is 11.4 Å². The van der Waals surface area contributed by atoms with E-state index in [9.17, 15) is 18.0 Å². The number of carbonyl (C=O) groups excluding carboxylic acids is 2. The van der Waals surface area contributed by atoms with Gasteiger partial charge in [0.15, 0.2) is 0 Å². The average Bonchev–Trinajstić information content (AvgIpc) is 3.16. The van der Waals surface area contributed by atoms with Gasteiger partial charge in [0.05, 0.1) is 31.0 Å². The SMILES string of the molecule is CCS(=O)(=O)Nc1ccc(NC(=O)CC(NC(N)=O)c2cccs2)cc1OC. The number of primary amides is 1. The molecule has 1 aromatic heterocycles. The lowest BCUT2D eigenvalue weighted by molar-refractivity contribution is -0.116. The van der Waals surface area contributed by atoms with E-state index in [-0.39, 0.29) is 29.5 Å². The number of amides is 3. The highest BCUT2D eigenvalue weighted by Gasteiger charge is 2.19. The molecule has 1 aromatic carbocycles. The number of thiophene rings is 1. The van der Waals surface area contributed by atoms with Gasteiger partial charge >= 0.3 is 6.03 Å². The number of hydrogen-bond donors (Lipinski definition) is 4. The van der Waals surface area contributed by atoms with Gasteiger partial charge in [0.1, 0.15) is 5.75 Å². The Morgan fingerprint density at radius 3 is 2.61 bits per heavy atom. The van der Waals surface area contributed by atoms with E-state index >= 15 is 0 Å². The Kier molecular flexibility index (Phi) is 7.24. The van der Waals surface area contributed by atoms with Crippen molar-refractivity contribution < 1.29 is 22.7 Å². The van der Waals surface area contributed by atoms with Gasteiger partial charge in [0.25, 0.3) is 0 Å². The molecule has 0 fully saturated rings. The Morgan fingerprint density at radius 2 is 2.04 bits per heavy atom. The normalized spacial score (nSPS) is 12.1. The van der Waals surface area contributed by atoms with Crippen molar-refractivity contribution in [1.29, 1.82) is 0 Å². The zero-order valence-electron chi connectivity index (χ0n) is 15.4. The molecule has 152 valence electrons. The van der Waals surface area contributed by atoms with E-state index in [0.29, 0.717) is 5.69 Å². The zero-order valence-corrected chi connectivity index (χ0v) is 17.0. The summed E-state index contributed by atoms with van der Waals surface area (Å²) in [6.45, 7) is 1.52. The van der Waals surface area contributed by atoms with Crippen LogP contribution in [0.2, 0.25) is 0 Å². The largest absolute Gasteiger partial charge is 0.494 e. The summed E-state index contributed by atoms with van der Waals surface area (Å²) in [6.07, 6.45) is -0.0179. The Hall–Kier alpha value is -2.79. The molecular formula is C17H22N4O5S2. The molecule has 2 aromatic rings. The molecule has 0 spiro atoms. The summed E-state index contributed by atoms with van der Waals surface area (Å²) in [5, 5.41) is 7.09. The van der Waals surface area contributed by atoms with Gasteiger partial charge in [-0.3, -0.25) is 9.52 Å². The summed E-state index contributed by atoms with van der Waals surface area (Å²) in [6, 6.07) is 6.91. The summed E-state index contributed by atoms with van der Waals surface area (Å²) >= 11 is 1.40. The van der Waals surface area contributed by atoms with E-state index in [1.165, 1.54) is 37.5 Å². The van der Waals surface area contributed by atoms with Crippen LogP contribution in [0.5, 0.6) is 5.75 Å². The number of carbonyl (C=O) groups is 2. The van der Waals surface area contributed by atoms with E-state index in [4.69, 9.17) is 10.5 Å². The van der Waals surface area contributed by atoms with Gasteiger partial charge in [-0.25, -0.2) is 13.2 Å². The van der Waals surface area contributed by atoms with Crippen LogP contribution >= 0.6 is 11.3 Å². The maximum Gasteiger partial charge on any atom is 0.312 e. The van der Waals surface area contributed by atoms with Crippen molar-refractivity contribution in [3.05, 3.63) is 40.6 Å². The summed E-state index contributed by atoms with van der Waals surface area (Å²) < 4.78 is 31.1. The molecule has 5 N–H and O–H groups in total. The van der Waals surface area contributed by atoms with Gasteiger partial charge in [-0.2, -0.15) is 0 Å². The zero-order chi connectivity index (χ0) is 20.7. The smallest absolute Gasteiger partial charge is 0.312 e. The maximum atomic E-state index is 12.4. The third-order valence-electron chi connectivity index (χ3n) is 3.72. The second-order valence-corrected chi connectivity index (χ2v) is 8.74. The molecule has 3 amide bonds. The number of urea groups is 1. The topological polar surface area (TPSA) is 140 Å². The van der Waals surface area contributed by atoms with Crippen LogP contribution in [-0.4, -0.2) is 33.2 Å². The highest BCUT2D eigenvalue weighted by Crippen LogP contribution is 2.29. The van der Waals surface area contributed by atoms with Crippen LogP contribution in [0.3, 0.4) is 0 Å². The van der Waals surface area contributed by atoms with Crippen molar-refractivity contribution in [2.24, 2.45) is 5.73 Å². The van der Waals surface area contributed by atoms with Crippen LogP contribution in [0.4, 0.5) is 16.2 Å². The van der Waals surface area contributed by atoms with E-state index in [2.05, 4.69) is 15.4 Å². The lowest BCUT2D eigenvalue weighted by Crippen LogP contribution is -2.34. The predicted octanol–water partition coefficient (Wildman–Crippen LogP) is 2.26. The number of rotatable bonds is 9. The Balaban J connectivity index is 2.11. The minimum absolute atomic E-state index is 0.0179. The molecule has 0 saturated carbocycles. The quantitative estimate of drug-likeness (QED) is 0.487. The molecule has 0 bridgehead atoms. The van der Waals surface area contributed by atoms with Gasteiger partial charge in [0.2, 0.25) is 15.9 Å². The van der Waals surface area contributed by atoms with Gasteiger partial charge in [-0.1, -0.05) is 6.07 Å². The molecule has 0 aliphatic rings. The van der Waals surface area contributed by atoms with Crippen molar-refractivity contribution in [1.82, 2.24) is 5.32 Å². The van der Waals surface area contributed by atoms with Crippen LogP contribution in [0.15, 0.2) is 35.7 Å².